The third-order valence-electron chi connectivity index (χ3n) is 5.82. The van der Waals surface area contributed by atoms with E-state index in [1.54, 1.807) is 30.3 Å². The van der Waals surface area contributed by atoms with Crippen molar-refractivity contribution in [1.82, 2.24) is 14.5 Å². The van der Waals surface area contributed by atoms with Gasteiger partial charge >= 0.3 is 0 Å². The lowest BCUT2D eigenvalue weighted by Crippen LogP contribution is -2.37. The van der Waals surface area contributed by atoms with Gasteiger partial charge in [0.25, 0.3) is 17.1 Å². The van der Waals surface area contributed by atoms with Gasteiger partial charge in [-0.05, 0) is 60.5 Å². The third-order valence-corrected chi connectivity index (χ3v) is 9.30. The molecule has 36 heavy (non-hydrogen) atoms. The summed E-state index contributed by atoms with van der Waals surface area (Å²) in [5.74, 6) is -1.08. The van der Waals surface area contributed by atoms with E-state index in [1.807, 2.05) is 0 Å². The van der Waals surface area contributed by atoms with Gasteiger partial charge in [0, 0.05) is 31.2 Å². The standard InChI is InChI=1S/C24H23Cl2N3O5S2/c25-19-7-3-2-6-16(19)14-21-23(31)29(24(32)35-21)13-10-27-22(30)18-15-17(8-9-20(18)26)36(33,34)28-11-4-1-5-12-28/h2-3,6-9,14-15H,1,4-5,10-13H2,(H,27,30). The molecule has 0 bridgehead atoms. The van der Waals surface area contributed by atoms with Crippen molar-refractivity contribution in [2.24, 2.45) is 0 Å². The van der Waals surface area contributed by atoms with E-state index >= 15 is 0 Å². The Morgan fingerprint density at radius 2 is 1.75 bits per heavy atom. The van der Waals surface area contributed by atoms with Gasteiger partial charge in [-0.1, -0.05) is 47.8 Å². The van der Waals surface area contributed by atoms with Gasteiger partial charge in [-0.3, -0.25) is 19.3 Å². The van der Waals surface area contributed by atoms with Crippen LogP contribution in [0, 0.1) is 0 Å². The van der Waals surface area contributed by atoms with Crippen LogP contribution < -0.4 is 5.32 Å². The molecule has 2 aliphatic rings. The number of thioether (sulfide) groups is 1. The number of carbonyl (C=O) groups excluding carboxylic acids is 3. The van der Waals surface area contributed by atoms with E-state index in [9.17, 15) is 22.8 Å². The molecule has 0 unspecified atom stereocenters. The molecule has 8 nitrogen and oxygen atoms in total. The van der Waals surface area contributed by atoms with Crippen LogP contribution in [0.2, 0.25) is 10.0 Å². The second kappa shape index (κ2) is 11.4. The first kappa shape index (κ1) is 26.7. The lowest BCUT2D eigenvalue weighted by atomic mass is 10.2. The zero-order valence-corrected chi connectivity index (χ0v) is 22.2. The molecule has 0 spiro atoms. The van der Waals surface area contributed by atoms with Crippen molar-refractivity contribution in [3.63, 3.8) is 0 Å². The Labute approximate surface area is 223 Å². The van der Waals surface area contributed by atoms with Gasteiger partial charge in [-0.2, -0.15) is 4.31 Å². The molecule has 2 heterocycles. The molecular weight excluding hydrogens is 545 g/mol. The number of nitrogens with zero attached hydrogens (tertiary/aromatic N) is 2. The van der Waals surface area contributed by atoms with Crippen LogP contribution in [0.1, 0.15) is 35.2 Å². The maximum atomic E-state index is 13.0. The molecule has 12 heteroatoms. The highest BCUT2D eigenvalue weighted by Crippen LogP contribution is 2.33. The second-order valence-corrected chi connectivity index (χ2v) is 12.0. The molecule has 2 saturated heterocycles. The molecule has 2 aromatic carbocycles. The molecule has 0 atom stereocenters. The number of piperidine rings is 1. The minimum absolute atomic E-state index is 0.00232. The summed E-state index contributed by atoms with van der Waals surface area (Å²) in [7, 11) is -3.74. The lowest BCUT2D eigenvalue weighted by Gasteiger charge is -2.26. The Bertz CT molecular complexity index is 1340. The van der Waals surface area contributed by atoms with E-state index in [0.29, 0.717) is 23.7 Å². The minimum atomic E-state index is -3.74. The van der Waals surface area contributed by atoms with Crippen molar-refractivity contribution in [3.8, 4) is 0 Å². The maximum Gasteiger partial charge on any atom is 0.293 e. The molecule has 0 radical (unpaired) electrons. The van der Waals surface area contributed by atoms with Gasteiger partial charge in [-0.15, -0.1) is 0 Å². The lowest BCUT2D eigenvalue weighted by molar-refractivity contribution is -0.122. The Balaban J connectivity index is 1.41. The monoisotopic (exact) mass is 567 g/mol. The quantitative estimate of drug-likeness (QED) is 0.489. The van der Waals surface area contributed by atoms with Crippen LogP contribution in [0.15, 0.2) is 52.3 Å². The van der Waals surface area contributed by atoms with Crippen LogP contribution in [0.25, 0.3) is 6.08 Å². The molecular formula is C24H23Cl2N3O5S2. The number of nitrogens with one attached hydrogen (secondary N) is 1. The summed E-state index contributed by atoms with van der Waals surface area (Å²) < 4.78 is 27.4. The SMILES string of the molecule is O=C(NCCN1C(=O)SC(=Cc2ccccc2Cl)C1=O)c1cc(S(=O)(=O)N2CCCCC2)ccc1Cl. The smallest absolute Gasteiger partial charge is 0.293 e. The minimum Gasteiger partial charge on any atom is -0.350 e. The van der Waals surface area contributed by atoms with Gasteiger partial charge in [0.15, 0.2) is 0 Å². The van der Waals surface area contributed by atoms with E-state index < -0.39 is 27.1 Å². The molecule has 1 N–H and O–H groups in total. The van der Waals surface area contributed by atoms with Crippen molar-refractivity contribution in [3.05, 3.63) is 68.5 Å². The second-order valence-electron chi connectivity index (χ2n) is 8.22. The van der Waals surface area contributed by atoms with Gasteiger partial charge in [0.1, 0.15) is 0 Å². The van der Waals surface area contributed by atoms with Crippen molar-refractivity contribution in [1.29, 1.82) is 0 Å². The average Bonchev–Trinajstić information content (AvgIpc) is 3.13. The fraction of sp³-hybridized carbons (Fsp3) is 0.292. The Morgan fingerprint density at radius 1 is 1.03 bits per heavy atom. The fourth-order valence-electron chi connectivity index (χ4n) is 3.90. The maximum absolute atomic E-state index is 13.0. The van der Waals surface area contributed by atoms with E-state index in [1.165, 1.54) is 22.5 Å². The van der Waals surface area contributed by atoms with Crippen molar-refractivity contribution < 1.29 is 22.8 Å². The van der Waals surface area contributed by atoms with Crippen LogP contribution in [0.3, 0.4) is 0 Å². The molecule has 3 amide bonds. The first-order chi connectivity index (χ1) is 17.2. The largest absolute Gasteiger partial charge is 0.350 e. The number of halogens is 2. The molecule has 2 aromatic rings. The molecule has 2 fully saturated rings. The summed E-state index contributed by atoms with van der Waals surface area (Å²) in [4.78, 5) is 39.1. The van der Waals surface area contributed by atoms with Crippen LogP contribution >= 0.6 is 35.0 Å². The molecule has 0 aromatic heterocycles. The number of sulfonamides is 1. The van der Waals surface area contributed by atoms with Crippen molar-refractivity contribution in [2.75, 3.05) is 26.2 Å². The first-order valence-corrected chi connectivity index (χ1v) is 14.3. The van der Waals surface area contributed by atoms with Crippen LogP contribution in [0.4, 0.5) is 4.79 Å². The summed E-state index contributed by atoms with van der Waals surface area (Å²) in [6.07, 6.45) is 4.13. The van der Waals surface area contributed by atoms with Crippen LogP contribution in [0.5, 0.6) is 0 Å². The third kappa shape index (κ3) is 5.78. The normalized spacial score (nSPS) is 18.2. The van der Waals surface area contributed by atoms with Gasteiger partial charge in [0.05, 0.1) is 20.4 Å². The number of hydrogen-bond acceptors (Lipinski definition) is 6. The number of amides is 3. The van der Waals surface area contributed by atoms with E-state index in [4.69, 9.17) is 23.2 Å². The Kier molecular flexibility index (Phi) is 8.41. The molecule has 0 aliphatic carbocycles. The number of benzene rings is 2. The summed E-state index contributed by atoms with van der Waals surface area (Å²) >= 11 is 13.1. The number of rotatable bonds is 7. The highest BCUT2D eigenvalue weighted by atomic mass is 35.5. The summed E-state index contributed by atoms with van der Waals surface area (Å²) in [5, 5.41) is 2.71. The van der Waals surface area contributed by atoms with Gasteiger partial charge < -0.3 is 5.32 Å². The van der Waals surface area contributed by atoms with Gasteiger partial charge in [0.2, 0.25) is 10.0 Å². The zero-order chi connectivity index (χ0) is 25.9. The summed E-state index contributed by atoms with van der Waals surface area (Å²) in [6, 6.07) is 11.0. The zero-order valence-electron chi connectivity index (χ0n) is 19.1. The number of hydrogen-bond donors (Lipinski definition) is 1. The van der Waals surface area contributed by atoms with Gasteiger partial charge in [-0.25, -0.2) is 8.42 Å². The number of imide groups is 1. The molecule has 0 saturated carbocycles. The first-order valence-electron chi connectivity index (χ1n) is 11.3. The predicted molar refractivity (Wildman–Crippen MR) is 141 cm³/mol. The molecule has 2 aliphatic heterocycles. The van der Waals surface area contributed by atoms with Crippen molar-refractivity contribution in [2.45, 2.75) is 24.2 Å². The topological polar surface area (TPSA) is 104 Å². The van der Waals surface area contributed by atoms with Crippen LogP contribution in [-0.2, 0) is 14.8 Å². The Hall–Kier alpha value is -2.37. The molecule has 4 rings (SSSR count). The van der Waals surface area contributed by atoms with E-state index in [0.717, 1.165) is 35.9 Å². The highest BCUT2D eigenvalue weighted by molar-refractivity contribution is 8.18. The van der Waals surface area contributed by atoms with Crippen molar-refractivity contribution >= 4 is 68.1 Å². The van der Waals surface area contributed by atoms with E-state index in [2.05, 4.69) is 5.32 Å². The Morgan fingerprint density at radius 3 is 2.47 bits per heavy atom. The number of carbonyl (C=O) groups is 3. The van der Waals surface area contributed by atoms with Crippen LogP contribution in [-0.4, -0.2) is 60.9 Å². The summed E-state index contributed by atoms with van der Waals surface area (Å²) in [6.45, 7) is 0.792. The average molecular weight is 569 g/mol. The summed E-state index contributed by atoms with van der Waals surface area (Å²) in [5.41, 5.74) is 0.620. The van der Waals surface area contributed by atoms with E-state index in [-0.39, 0.29) is 33.5 Å². The predicted octanol–water partition coefficient (Wildman–Crippen LogP) is 4.63. The highest BCUT2D eigenvalue weighted by Gasteiger charge is 2.35. The molecule has 190 valence electrons. The fourth-order valence-corrected chi connectivity index (χ4v) is 6.69.